The number of aromatic nitrogens is 1. The fourth-order valence-electron chi connectivity index (χ4n) is 3.83. The van der Waals surface area contributed by atoms with Crippen LogP contribution in [0.5, 0.6) is 0 Å². The number of hydrogen-bond acceptors (Lipinski definition) is 3. The van der Waals surface area contributed by atoms with Crippen molar-refractivity contribution in [2.45, 2.75) is 38.9 Å². The summed E-state index contributed by atoms with van der Waals surface area (Å²) in [5, 5.41) is 5.01. The van der Waals surface area contributed by atoms with Crippen molar-refractivity contribution in [2.75, 3.05) is 0 Å². The number of benzene rings is 2. The van der Waals surface area contributed by atoms with Crippen LogP contribution in [0.2, 0.25) is 0 Å². The van der Waals surface area contributed by atoms with Gasteiger partial charge in [-0.2, -0.15) is 0 Å². The molecule has 2 aromatic heterocycles. The molecule has 2 aromatic carbocycles. The normalized spacial score (nSPS) is 12.2. The first-order chi connectivity index (χ1) is 16.3. The smallest absolute Gasteiger partial charge is 0.271 e. The predicted octanol–water partition coefficient (Wildman–Crippen LogP) is 6.04. The lowest BCUT2D eigenvalue weighted by Gasteiger charge is -2.33. The first-order valence-electron chi connectivity index (χ1n) is 11.3. The molecule has 4 aromatic rings. The van der Waals surface area contributed by atoms with E-state index in [9.17, 15) is 9.59 Å². The zero-order valence-electron chi connectivity index (χ0n) is 19.6. The van der Waals surface area contributed by atoms with Crippen LogP contribution in [0.1, 0.15) is 47.7 Å². The summed E-state index contributed by atoms with van der Waals surface area (Å²) >= 11 is 1.47. The maximum absolute atomic E-state index is 13.9. The standard InChI is InChI=1S/C28H29N3O2S/c1-28(2,3)30-26(32)25(24-15-10-18-34-24)31(19-20-11-6-4-7-12-20)27(33)23-17-16-22(29-23)21-13-8-5-9-14-21/h4-18,25,29H,19H2,1-3H3,(H,30,32). The van der Waals surface area contributed by atoms with Gasteiger partial charge in [0.15, 0.2) is 0 Å². The maximum Gasteiger partial charge on any atom is 0.271 e. The molecule has 1 atom stereocenters. The molecule has 4 rings (SSSR count). The molecule has 0 bridgehead atoms. The summed E-state index contributed by atoms with van der Waals surface area (Å²) in [6.07, 6.45) is 0. The molecule has 2 heterocycles. The molecule has 2 amide bonds. The third kappa shape index (κ3) is 5.64. The molecule has 5 nitrogen and oxygen atoms in total. The Morgan fingerprint density at radius 2 is 1.59 bits per heavy atom. The van der Waals surface area contributed by atoms with Crippen molar-refractivity contribution in [1.29, 1.82) is 0 Å². The van der Waals surface area contributed by atoms with Crippen LogP contribution >= 0.6 is 11.3 Å². The fourth-order valence-corrected chi connectivity index (χ4v) is 4.66. The number of thiophene rings is 1. The van der Waals surface area contributed by atoms with Crippen molar-refractivity contribution in [3.05, 3.63) is 106 Å². The van der Waals surface area contributed by atoms with Crippen molar-refractivity contribution < 1.29 is 9.59 Å². The molecule has 0 aliphatic heterocycles. The van der Waals surface area contributed by atoms with Crippen molar-refractivity contribution >= 4 is 23.2 Å². The summed E-state index contributed by atoms with van der Waals surface area (Å²) in [5.74, 6) is -0.428. The van der Waals surface area contributed by atoms with E-state index in [2.05, 4.69) is 10.3 Å². The number of nitrogens with one attached hydrogen (secondary N) is 2. The highest BCUT2D eigenvalue weighted by Gasteiger charge is 2.35. The van der Waals surface area contributed by atoms with Gasteiger partial charge < -0.3 is 15.2 Å². The van der Waals surface area contributed by atoms with Gasteiger partial charge in [0.1, 0.15) is 11.7 Å². The lowest BCUT2D eigenvalue weighted by atomic mass is 10.1. The zero-order valence-corrected chi connectivity index (χ0v) is 20.4. The van der Waals surface area contributed by atoms with Crippen LogP contribution in [-0.4, -0.2) is 27.2 Å². The predicted molar refractivity (Wildman–Crippen MR) is 137 cm³/mol. The average molecular weight is 472 g/mol. The Balaban J connectivity index is 1.74. The van der Waals surface area contributed by atoms with E-state index in [4.69, 9.17) is 0 Å². The highest BCUT2D eigenvalue weighted by atomic mass is 32.1. The number of hydrogen-bond donors (Lipinski definition) is 2. The van der Waals surface area contributed by atoms with Crippen LogP contribution in [0, 0.1) is 0 Å². The Bertz CT molecular complexity index is 1230. The van der Waals surface area contributed by atoms with E-state index in [1.807, 2.05) is 105 Å². The first kappa shape index (κ1) is 23.5. The lowest BCUT2D eigenvalue weighted by molar-refractivity contribution is -0.127. The Morgan fingerprint density at radius 1 is 0.912 bits per heavy atom. The molecule has 174 valence electrons. The molecular formula is C28H29N3O2S. The molecule has 0 aliphatic carbocycles. The van der Waals surface area contributed by atoms with E-state index in [1.165, 1.54) is 11.3 Å². The van der Waals surface area contributed by atoms with Crippen LogP contribution in [-0.2, 0) is 11.3 Å². The van der Waals surface area contributed by atoms with Crippen molar-refractivity contribution in [3.8, 4) is 11.3 Å². The van der Waals surface area contributed by atoms with Gasteiger partial charge in [0.2, 0.25) is 5.91 Å². The van der Waals surface area contributed by atoms with Gasteiger partial charge in [-0.3, -0.25) is 9.59 Å². The van der Waals surface area contributed by atoms with Crippen molar-refractivity contribution in [1.82, 2.24) is 15.2 Å². The number of carbonyl (C=O) groups is 2. The Hall–Kier alpha value is -3.64. The maximum atomic E-state index is 13.9. The van der Waals surface area contributed by atoms with Gasteiger partial charge in [-0.25, -0.2) is 0 Å². The Morgan fingerprint density at radius 3 is 2.21 bits per heavy atom. The number of rotatable bonds is 7. The van der Waals surface area contributed by atoms with E-state index in [0.29, 0.717) is 12.2 Å². The van der Waals surface area contributed by atoms with Gasteiger partial charge in [-0.1, -0.05) is 66.7 Å². The first-order valence-corrected chi connectivity index (χ1v) is 12.1. The Kier molecular flexibility index (Phi) is 6.98. The van der Waals surface area contributed by atoms with Crippen LogP contribution in [0.15, 0.2) is 90.3 Å². The quantitative estimate of drug-likeness (QED) is 0.345. The number of H-pyrrole nitrogens is 1. The van der Waals surface area contributed by atoms with E-state index >= 15 is 0 Å². The molecule has 2 N–H and O–H groups in total. The highest BCUT2D eigenvalue weighted by molar-refractivity contribution is 7.10. The van der Waals surface area contributed by atoms with E-state index < -0.39 is 11.6 Å². The number of amides is 2. The fraction of sp³-hybridized carbons (Fsp3) is 0.214. The van der Waals surface area contributed by atoms with Crippen LogP contribution < -0.4 is 5.32 Å². The van der Waals surface area contributed by atoms with Crippen LogP contribution in [0.4, 0.5) is 0 Å². The second-order valence-electron chi connectivity index (χ2n) is 9.23. The third-order valence-corrected chi connectivity index (χ3v) is 6.25. The SMILES string of the molecule is CC(C)(C)NC(=O)C(c1cccs1)N(Cc1ccccc1)C(=O)c1ccc(-c2ccccc2)[nH]1. The highest BCUT2D eigenvalue weighted by Crippen LogP contribution is 2.30. The van der Waals surface area contributed by atoms with Gasteiger partial charge in [0.25, 0.3) is 5.91 Å². The van der Waals surface area contributed by atoms with Crippen LogP contribution in [0.25, 0.3) is 11.3 Å². The van der Waals surface area contributed by atoms with Gasteiger partial charge in [0, 0.05) is 22.7 Å². The molecule has 0 aliphatic rings. The summed E-state index contributed by atoms with van der Waals surface area (Å²) in [4.78, 5) is 33.2. The molecule has 1 unspecified atom stereocenters. The summed E-state index contributed by atoms with van der Waals surface area (Å²) in [5.41, 5.74) is 2.82. The minimum atomic E-state index is -0.754. The average Bonchev–Trinajstić information content (AvgIpc) is 3.51. The van der Waals surface area contributed by atoms with Crippen molar-refractivity contribution in [2.24, 2.45) is 0 Å². The van der Waals surface area contributed by atoms with Gasteiger partial charge in [-0.15, -0.1) is 11.3 Å². The molecule has 34 heavy (non-hydrogen) atoms. The van der Waals surface area contributed by atoms with Gasteiger partial charge >= 0.3 is 0 Å². The molecule has 0 radical (unpaired) electrons. The van der Waals surface area contributed by atoms with Gasteiger partial charge in [0.05, 0.1) is 0 Å². The number of nitrogens with zero attached hydrogens (tertiary/aromatic N) is 1. The number of carbonyl (C=O) groups excluding carboxylic acids is 2. The monoisotopic (exact) mass is 471 g/mol. The second kappa shape index (κ2) is 10.1. The minimum absolute atomic E-state index is 0.200. The Labute approximate surface area is 204 Å². The second-order valence-corrected chi connectivity index (χ2v) is 10.2. The van der Waals surface area contributed by atoms with E-state index in [0.717, 1.165) is 21.7 Å². The molecule has 0 spiro atoms. The van der Waals surface area contributed by atoms with E-state index in [1.54, 1.807) is 11.0 Å². The van der Waals surface area contributed by atoms with Crippen LogP contribution in [0.3, 0.4) is 0 Å². The summed E-state index contributed by atoms with van der Waals surface area (Å²) < 4.78 is 0. The molecule has 0 fully saturated rings. The molecule has 6 heteroatoms. The minimum Gasteiger partial charge on any atom is -0.351 e. The van der Waals surface area contributed by atoms with Gasteiger partial charge in [-0.05, 0) is 55.5 Å². The summed E-state index contributed by atoms with van der Waals surface area (Å²) in [7, 11) is 0. The largest absolute Gasteiger partial charge is 0.351 e. The van der Waals surface area contributed by atoms with E-state index in [-0.39, 0.29) is 11.8 Å². The van der Waals surface area contributed by atoms with Crippen molar-refractivity contribution in [3.63, 3.8) is 0 Å². The third-order valence-electron chi connectivity index (χ3n) is 5.33. The summed E-state index contributed by atoms with van der Waals surface area (Å²) in [6, 6.07) is 26.4. The molecule has 0 saturated heterocycles. The summed E-state index contributed by atoms with van der Waals surface area (Å²) in [6.45, 7) is 6.13. The zero-order chi connectivity index (χ0) is 24.1. The number of aromatic amines is 1. The topological polar surface area (TPSA) is 65.2 Å². The molecular weight excluding hydrogens is 442 g/mol. The lowest BCUT2D eigenvalue weighted by Crippen LogP contribution is -2.49. The molecule has 0 saturated carbocycles.